The smallest absolute Gasteiger partial charge is 0.264 e. The van der Waals surface area contributed by atoms with E-state index < -0.39 is 34.4 Å². The van der Waals surface area contributed by atoms with Crippen molar-refractivity contribution in [1.29, 1.82) is 0 Å². The fourth-order valence-electron chi connectivity index (χ4n) is 4.72. The summed E-state index contributed by atoms with van der Waals surface area (Å²) in [6.07, 6.45) is 0.954. The summed E-state index contributed by atoms with van der Waals surface area (Å²) in [6, 6.07) is 28.3. The number of aryl methyl sites for hydroxylation is 1. The zero-order valence-electron chi connectivity index (χ0n) is 23.9. The van der Waals surface area contributed by atoms with Crippen LogP contribution >= 0.6 is 23.2 Å². The molecular formula is C33H33Cl2N3O4S. The average Bonchev–Trinajstić information content (AvgIpc) is 3.03. The van der Waals surface area contributed by atoms with E-state index in [1.54, 1.807) is 48.5 Å². The SMILES string of the molecule is CCc1ccc(N(CC(=O)N(Cc2c(Cl)cccc2Cl)[C@@H](Cc2ccccc2)C(=O)NC)S(=O)(=O)c2ccccc2)cc1. The lowest BCUT2D eigenvalue weighted by molar-refractivity contribution is -0.139. The highest BCUT2D eigenvalue weighted by Crippen LogP contribution is 2.29. The van der Waals surface area contributed by atoms with E-state index in [1.165, 1.54) is 24.1 Å². The number of amides is 2. The summed E-state index contributed by atoms with van der Waals surface area (Å²) in [5.41, 5.74) is 2.61. The van der Waals surface area contributed by atoms with Crippen LogP contribution in [-0.4, -0.2) is 44.8 Å². The Balaban J connectivity index is 1.81. The molecule has 7 nitrogen and oxygen atoms in total. The number of carbonyl (C=O) groups is 2. The van der Waals surface area contributed by atoms with Crippen molar-refractivity contribution in [3.8, 4) is 0 Å². The molecule has 0 aliphatic rings. The lowest BCUT2D eigenvalue weighted by Gasteiger charge is -2.34. The number of nitrogens with zero attached hydrogens (tertiary/aromatic N) is 2. The van der Waals surface area contributed by atoms with Crippen molar-refractivity contribution in [2.75, 3.05) is 17.9 Å². The van der Waals surface area contributed by atoms with Crippen molar-refractivity contribution in [1.82, 2.24) is 10.2 Å². The Morgan fingerprint density at radius 1 is 0.791 bits per heavy atom. The maximum Gasteiger partial charge on any atom is 0.264 e. The van der Waals surface area contributed by atoms with Crippen molar-refractivity contribution >= 4 is 50.7 Å². The Bertz CT molecular complexity index is 1630. The fraction of sp³-hybridized carbons (Fsp3) is 0.212. The van der Waals surface area contributed by atoms with Crippen molar-refractivity contribution < 1.29 is 18.0 Å². The van der Waals surface area contributed by atoms with E-state index in [2.05, 4.69) is 5.32 Å². The molecular weight excluding hydrogens is 605 g/mol. The lowest BCUT2D eigenvalue weighted by atomic mass is 10.0. The molecule has 1 atom stereocenters. The van der Waals surface area contributed by atoms with Crippen LogP contribution in [-0.2, 0) is 39.0 Å². The zero-order valence-corrected chi connectivity index (χ0v) is 26.2. The van der Waals surface area contributed by atoms with E-state index in [0.29, 0.717) is 21.3 Å². The molecule has 0 saturated heterocycles. The quantitative estimate of drug-likeness (QED) is 0.202. The topological polar surface area (TPSA) is 86.8 Å². The van der Waals surface area contributed by atoms with Gasteiger partial charge in [-0.15, -0.1) is 0 Å². The Morgan fingerprint density at radius 2 is 1.37 bits per heavy atom. The number of benzene rings is 4. The van der Waals surface area contributed by atoms with Gasteiger partial charge in [-0.1, -0.05) is 96.9 Å². The first-order chi connectivity index (χ1) is 20.6. The van der Waals surface area contributed by atoms with Gasteiger partial charge in [0.15, 0.2) is 0 Å². The molecule has 0 fully saturated rings. The Kier molecular flexibility index (Phi) is 10.9. The van der Waals surface area contributed by atoms with Crippen LogP contribution in [0.3, 0.4) is 0 Å². The molecule has 0 aliphatic carbocycles. The van der Waals surface area contributed by atoms with E-state index in [0.717, 1.165) is 21.9 Å². The minimum Gasteiger partial charge on any atom is -0.357 e. The van der Waals surface area contributed by atoms with Crippen molar-refractivity contribution in [3.63, 3.8) is 0 Å². The summed E-state index contributed by atoms with van der Waals surface area (Å²) in [5, 5.41) is 3.31. The number of sulfonamides is 1. The number of likely N-dealkylation sites (N-methyl/N-ethyl adjacent to an activating group) is 1. The van der Waals surface area contributed by atoms with Crippen LogP contribution in [0, 0.1) is 0 Å². The molecule has 4 aromatic rings. The van der Waals surface area contributed by atoms with Crippen LogP contribution < -0.4 is 9.62 Å². The van der Waals surface area contributed by atoms with Crippen molar-refractivity contribution in [2.24, 2.45) is 0 Å². The normalized spacial score (nSPS) is 11.9. The van der Waals surface area contributed by atoms with Gasteiger partial charge < -0.3 is 10.2 Å². The fourth-order valence-corrected chi connectivity index (χ4v) is 6.67. The molecule has 10 heteroatoms. The van der Waals surface area contributed by atoms with Gasteiger partial charge in [-0.3, -0.25) is 13.9 Å². The van der Waals surface area contributed by atoms with Gasteiger partial charge >= 0.3 is 0 Å². The van der Waals surface area contributed by atoms with E-state index in [9.17, 15) is 18.0 Å². The molecule has 0 bridgehead atoms. The highest BCUT2D eigenvalue weighted by molar-refractivity contribution is 7.92. The van der Waals surface area contributed by atoms with Gasteiger partial charge in [0.2, 0.25) is 11.8 Å². The number of hydrogen-bond donors (Lipinski definition) is 1. The molecule has 0 spiro atoms. The molecule has 0 saturated carbocycles. The largest absolute Gasteiger partial charge is 0.357 e. The number of anilines is 1. The third kappa shape index (κ3) is 7.76. The molecule has 4 aromatic carbocycles. The first kappa shape index (κ1) is 32.1. The van der Waals surface area contributed by atoms with Gasteiger partial charge in [0, 0.05) is 35.6 Å². The molecule has 43 heavy (non-hydrogen) atoms. The molecule has 1 N–H and O–H groups in total. The summed E-state index contributed by atoms with van der Waals surface area (Å²) in [5.74, 6) is -1.01. The first-order valence-electron chi connectivity index (χ1n) is 13.8. The Labute approximate surface area is 263 Å². The molecule has 2 amide bonds. The molecule has 0 heterocycles. The predicted octanol–water partition coefficient (Wildman–Crippen LogP) is 6.14. The summed E-state index contributed by atoms with van der Waals surface area (Å²) < 4.78 is 29.1. The summed E-state index contributed by atoms with van der Waals surface area (Å²) in [6.45, 7) is 1.32. The lowest BCUT2D eigenvalue weighted by Crippen LogP contribution is -2.53. The number of rotatable bonds is 12. The molecule has 224 valence electrons. The number of carbonyl (C=O) groups excluding carboxylic acids is 2. The monoisotopic (exact) mass is 637 g/mol. The van der Waals surface area contributed by atoms with E-state index in [-0.39, 0.29) is 17.9 Å². The number of halogens is 2. The van der Waals surface area contributed by atoms with E-state index in [1.807, 2.05) is 49.4 Å². The molecule has 0 aliphatic heterocycles. The predicted molar refractivity (Wildman–Crippen MR) is 172 cm³/mol. The number of nitrogens with one attached hydrogen (secondary N) is 1. The zero-order chi connectivity index (χ0) is 31.0. The maximum absolute atomic E-state index is 14.4. The second-order valence-electron chi connectivity index (χ2n) is 9.89. The first-order valence-corrected chi connectivity index (χ1v) is 16.0. The van der Waals surface area contributed by atoms with Gasteiger partial charge in [-0.25, -0.2) is 8.42 Å². The van der Waals surface area contributed by atoms with Crippen LogP contribution in [0.5, 0.6) is 0 Å². The van der Waals surface area contributed by atoms with Crippen molar-refractivity contribution in [3.05, 3.63) is 130 Å². The summed E-state index contributed by atoms with van der Waals surface area (Å²) >= 11 is 13.0. The summed E-state index contributed by atoms with van der Waals surface area (Å²) in [4.78, 5) is 29.1. The third-order valence-corrected chi connectivity index (χ3v) is 9.65. The molecule has 4 rings (SSSR count). The Hall–Kier alpha value is -3.85. The van der Waals surface area contributed by atoms with Gasteiger partial charge in [-0.05, 0) is 53.9 Å². The molecule has 0 unspecified atom stereocenters. The van der Waals surface area contributed by atoms with Gasteiger partial charge in [-0.2, -0.15) is 0 Å². The van der Waals surface area contributed by atoms with Gasteiger partial charge in [0.1, 0.15) is 12.6 Å². The van der Waals surface area contributed by atoms with Crippen molar-refractivity contribution in [2.45, 2.75) is 37.2 Å². The molecule has 0 aromatic heterocycles. The average molecular weight is 639 g/mol. The van der Waals surface area contributed by atoms with Crippen LogP contribution in [0.25, 0.3) is 0 Å². The number of hydrogen-bond acceptors (Lipinski definition) is 4. The van der Waals surface area contributed by atoms with Crippen LogP contribution in [0.1, 0.15) is 23.6 Å². The van der Waals surface area contributed by atoms with E-state index >= 15 is 0 Å². The highest BCUT2D eigenvalue weighted by atomic mass is 35.5. The van der Waals surface area contributed by atoms with Crippen LogP contribution in [0.4, 0.5) is 5.69 Å². The minimum atomic E-state index is -4.17. The standard InChI is InChI=1S/C33H33Cl2N3O4S/c1-3-24-17-19-26(20-18-24)38(43(41,42)27-13-8-5-9-14-27)23-32(39)37(22-28-29(34)15-10-16-30(28)35)31(33(40)36-2)21-25-11-6-4-7-12-25/h4-20,31H,3,21-23H2,1-2H3,(H,36,40)/t31-/m0/s1. The van der Waals surface area contributed by atoms with Gasteiger partial charge in [0.25, 0.3) is 10.0 Å². The van der Waals surface area contributed by atoms with Crippen LogP contribution in [0.2, 0.25) is 10.0 Å². The van der Waals surface area contributed by atoms with Crippen LogP contribution in [0.15, 0.2) is 108 Å². The molecule has 0 radical (unpaired) electrons. The van der Waals surface area contributed by atoms with E-state index in [4.69, 9.17) is 23.2 Å². The Morgan fingerprint density at radius 3 is 1.93 bits per heavy atom. The maximum atomic E-state index is 14.4. The van der Waals surface area contributed by atoms with Gasteiger partial charge in [0.05, 0.1) is 10.6 Å². The highest BCUT2D eigenvalue weighted by Gasteiger charge is 2.35. The second-order valence-corrected chi connectivity index (χ2v) is 12.6. The second kappa shape index (κ2) is 14.6. The summed E-state index contributed by atoms with van der Waals surface area (Å²) in [7, 11) is -2.68. The third-order valence-electron chi connectivity index (χ3n) is 7.15. The minimum absolute atomic E-state index is 0.0372.